The Balaban J connectivity index is 1.71. The third-order valence-electron chi connectivity index (χ3n) is 4.02. The lowest BCUT2D eigenvalue weighted by Crippen LogP contribution is -2.02. The van der Waals surface area contributed by atoms with Gasteiger partial charge in [-0.1, -0.05) is 17.7 Å². The van der Waals surface area contributed by atoms with E-state index in [9.17, 15) is 0 Å². The summed E-state index contributed by atoms with van der Waals surface area (Å²) in [6, 6.07) is 16.0. The van der Waals surface area contributed by atoms with Gasteiger partial charge in [-0.3, -0.25) is 0 Å². The van der Waals surface area contributed by atoms with E-state index in [-0.39, 0.29) is 0 Å². The number of aromatic nitrogens is 3. The summed E-state index contributed by atoms with van der Waals surface area (Å²) in [6.45, 7) is 4.15. The molecule has 5 heteroatoms. The first kappa shape index (κ1) is 15.7. The first-order chi connectivity index (χ1) is 12.1. The molecular formula is C20H17ClN4. The zero-order chi connectivity index (χ0) is 17.4. The summed E-state index contributed by atoms with van der Waals surface area (Å²) in [6.07, 6.45) is 3.75. The van der Waals surface area contributed by atoms with Gasteiger partial charge in [0, 0.05) is 28.5 Å². The molecule has 0 aliphatic heterocycles. The number of aryl methyl sites for hydroxylation is 2. The van der Waals surface area contributed by atoms with Crippen molar-refractivity contribution in [3.05, 3.63) is 77.1 Å². The van der Waals surface area contributed by atoms with Crippen molar-refractivity contribution in [2.75, 3.05) is 5.32 Å². The van der Waals surface area contributed by atoms with E-state index in [1.165, 1.54) is 11.1 Å². The van der Waals surface area contributed by atoms with E-state index >= 15 is 0 Å². The molecule has 124 valence electrons. The molecule has 0 atom stereocenters. The molecular weight excluding hydrogens is 332 g/mol. The van der Waals surface area contributed by atoms with Crippen LogP contribution in [0.3, 0.4) is 0 Å². The normalized spacial score (nSPS) is 11.0. The van der Waals surface area contributed by atoms with Gasteiger partial charge in [-0.25, -0.2) is 4.98 Å². The molecule has 0 aliphatic carbocycles. The lowest BCUT2D eigenvalue weighted by atomic mass is 10.1. The highest BCUT2D eigenvalue weighted by Crippen LogP contribution is 2.24. The smallest absolute Gasteiger partial charge is 0.229 e. The van der Waals surface area contributed by atoms with Crippen molar-refractivity contribution in [3.8, 4) is 5.82 Å². The Kier molecular flexibility index (Phi) is 3.90. The Hall–Kier alpha value is -2.85. The fourth-order valence-corrected chi connectivity index (χ4v) is 3.21. The molecule has 1 N–H and O–H groups in total. The van der Waals surface area contributed by atoms with Crippen molar-refractivity contribution < 1.29 is 0 Å². The van der Waals surface area contributed by atoms with Gasteiger partial charge in [0.25, 0.3) is 0 Å². The van der Waals surface area contributed by atoms with E-state index in [4.69, 9.17) is 11.6 Å². The van der Waals surface area contributed by atoms with Crippen LogP contribution in [0.5, 0.6) is 0 Å². The van der Waals surface area contributed by atoms with Crippen molar-refractivity contribution in [1.82, 2.24) is 14.5 Å². The number of hydrogen-bond acceptors (Lipinski definition) is 3. The Morgan fingerprint density at radius 3 is 2.56 bits per heavy atom. The number of hydrogen-bond donors (Lipinski definition) is 1. The van der Waals surface area contributed by atoms with Crippen molar-refractivity contribution in [1.29, 1.82) is 0 Å². The van der Waals surface area contributed by atoms with E-state index in [1.54, 1.807) is 6.20 Å². The summed E-state index contributed by atoms with van der Waals surface area (Å²) in [7, 11) is 0. The standard InChI is InChI=1S/C20H17ClN4/c1-13-9-14(2)11-17(10-13)23-20-22-7-5-19(24-20)25-8-6-15-12-16(21)3-4-18(15)25/h3-12H,1-2H3,(H,22,23,24). The predicted octanol–water partition coefficient (Wildman–Crippen LogP) is 5.43. The highest BCUT2D eigenvalue weighted by Gasteiger charge is 2.07. The second-order valence-electron chi connectivity index (χ2n) is 6.13. The highest BCUT2D eigenvalue weighted by molar-refractivity contribution is 6.31. The molecule has 0 radical (unpaired) electrons. The number of halogens is 1. The number of benzene rings is 2. The van der Waals surface area contributed by atoms with Gasteiger partial charge in [0.15, 0.2) is 0 Å². The van der Waals surface area contributed by atoms with Crippen LogP contribution in [0.1, 0.15) is 11.1 Å². The molecule has 0 saturated carbocycles. The van der Waals surface area contributed by atoms with E-state index < -0.39 is 0 Å². The molecule has 4 rings (SSSR count). The zero-order valence-electron chi connectivity index (χ0n) is 14.0. The molecule has 2 heterocycles. The molecule has 0 bridgehead atoms. The Labute approximate surface area is 151 Å². The minimum atomic E-state index is 0.568. The molecule has 2 aromatic carbocycles. The van der Waals surface area contributed by atoms with Gasteiger partial charge in [0.05, 0.1) is 5.52 Å². The lowest BCUT2D eigenvalue weighted by Gasteiger charge is -2.09. The largest absolute Gasteiger partial charge is 0.324 e. The monoisotopic (exact) mass is 348 g/mol. The van der Waals surface area contributed by atoms with Crippen LogP contribution in [-0.2, 0) is 0 Å². The molecule has 0 aliphatic rings. The Bertz CT molecular complexity index is 1050. The molecule has 0 saturated heterocycles. The Morgan fingerprint density at radius 2 is 1.76 bits per heavy atom. The molecule has 0 amide bonds. The van der Waals surface area contributed by atoms with E-state index in [0.717, 1.165) is 27.4 Å². The van der Waals surface area contributed by atoms with Gasteiger partial charge >= 0.3 is 0 Å². The number of nitrogens with one attached hydrogen (secondary N) is 1. The van der Waals surface area contributed by atoms with Gasteiger partial charge in [-0.05, 0) is 67.4 Å². The minimum Gasteiger partial charge on any atom is -0.324 e. The highest BCUT2D eigenvalue weighted by atomic mass is 35.5. The summed E-state index contributed by atoms with van der Waals surface area (Å²) in [4.78, 5) is 8.99. The average Bonchev–Trinajstić information content (AvgIpc) is 2.97. The fraction of sp³-hybridized carbons (Fsp3) is 0.100. The first-order valence-corrected chi connectivity index (χ1v) is 8.42. The number of nitrogens with zero attached hydrogens (tertiary/aromatic N) is 3. The zero-order valence-corrected chi connectivity index (χ0v) is 14.7. The van der Waals surface area contributed by atoms with Gasteiger partial charge < -0.3 is 9.88 Å². The van der Waals surface area contributed by atoms with Crippen LogP contribution in [-0.4, -0.2) is 14.5 Å². The molecule has 4 aromatic rings. The summed E-state index contributed by atoms with van der Waals surface area (Å²) in [5.74, 6) is 1.37. The van der Waals surface area contributed by atoms with Crippen LogP contribution < -0.4 is 5.32 Å². The summed E-state index contributed by atoms with van der Waals surface area (Å²) in [5, 5.41) is 5.09. The maximum absolute atomic E-state index is 6.07. The van der Waals surface area contributed by atoms with Crippen LogP contribution in [0.15, 0.2) is 60.9 Å². The molecule has 0 fully saturated rings. The van der Waals surface area contributed by atoms with Crippen LogP contribution in [0.2, 0.25) is 5.02 Å². The molecule has 25 heavy (non-hydrogen) atoms. The molecule has 0 unspecified atom stereocenters. The van der Waals surface area contributed by atoms with Gasteiger partial charge in [0.1, 0.15) is 5.82 Å². The maximum Gasteiger partial charge on any atom is 0.229 e. The van der Waals surface area contributed by atoms with Crippen molar-refractivity contribution in [2.45, 2.75) is 13.8 Å². The third-order valence-corrected chi connectivity index (χ3v) is 4.25. The average molecular weight is 349 g/mol. The van der Waals surface area contributed by atoms with Gasteiger partial charge in [-0.15, -0.1) is 0 Å². The summed E-state index contributed by atoms with van der Waals surface area (Å²) < 4.78 is 2.03. The molecule has 2 aromatic heterocycles. The van der Waals surface area contributed by atoms with Crippen molar-refractivity contribution >= 4 is 34.1 Å². The van der Waals surface area contributed by atoms with E-state index in [2.05, 4.69) is 47.3 Å². The second kappa shape index (κ2) is 6.22. The minimum absolute atomic E-state index is 0.568. The van der Waals surface area contributed by atoms with Gasteiger partial charge in [-0.2, -0.15) is 4.98 Å². The Morgan fingerprint density at radius 1 is 0.960 bits per heavy atom. The van der Waals surface area contributed by atoms with Crippen molar-refractivity contribution in [2.24, 2.45) is 0 Å². The number of rotatable bonds is 3. The fourth-order valence-electron chi connectivity index (χ4n) is 3.03. The first-order valence-electron chi connectivity index (χ1n) is 8.04. The van der Waals surface area contributed by atoms with Crippen LogP contribution in [0.25, 0.3) is 16.7 Å². The van der Waals surface area contributed by atoms with Crippen molar-refractivity contribution in [3.63, 3.8) is 0 Å². The van der Waals surface area contributed by atoms with E-state index in [1.807, 2.05) is 41.1 Å². The van der Waals surface area contributed by atoms with E-state index in [0.29, 0.717) is 5.95 Å². The summed E-state index contributed by atoms with van der Waals surface area (Å²) in [5.41, 5.74) is 4.44. The number of fused-ring (bicyclic) bond motifs is 1. The topological polar surface area (TPSA) is 42.7 Å². The molecule has 0 spiro atoms. The van der Waals surface area contributed by atoms with Crippen LogP contribution in [0, 0.1) is 13.8 Å². The van der Waals surface area contributed by atoms with Gasteiger partial charge in [0.2, 0.25) is 5.95 Å². The second-order valence-corrected chi connectivity index (χ2v) is 6.57. The lowest BCUT2D eigenvalue weighted by molar-refractivity contribution is 1.02. The summed E-state index contributed by atoms with van der Waals surface area (Å²) >= 11 is 6.07. The quantitative estimate of drug-likeness (QED) is 0.536. The third kappa shape index (κ3) is 3.21. The van der Waals surface area contributed by atoms with Crippen LogP contribution in [0.4, 0.5) is 11.6 Å². The maximum atomic E-state index is 6.07. The number of anilines is 2. The van der Waals surface area contributed by atoms with Crippen LogP contribution >= 0.6 is 11.6 Å². The molecule has 4 nitrogen and oxygen atoms in total. The SMILES string of the molecule is Cc1cc(C)cc(Nc2nccc(-n3ccc4cc(Cl)ccc43)n2)c1. The predicted molar refractivity (Wildman–Crippen MR) is 103 cm³/mol.